The molecule has 2 atom stereocenters. The molecule has 1 unspecified atom stereocenters. The molecule has 6 rings (SSSR count). The van der Waals surface area contributed by atoms with Crippen LogP contribution in [0, 0.1) is 13.8 Å². The first-order valence-electron chi connectivity index (χ1n) is 12.4. The Kier molecular flexibility index (Phi) is 5.86. The van der Waals surface area contributed by atoms with Crippen molar-refractivity contribution >= 4 is 40.4 Å². The number of fused-ring (bicyclic) bond motifs is 1. The van der Waals surface area contributed by atoms with Gasteiger partial charge in [-0.25, -0.2) is 4.98 Å². The molecular formula is C27H28Cl2N4O3S. The van der Waals surface area contributed by atoms with Crippen LogP contribution in [-0.4, -0.2) is 32.8 Å². The van der Waals surface area contributed by atoms with E-state index in [0.29, 0.717) is 58.9 Å². The van der Waals surface area contributed by atoms with Crippen molar-refractivity contribution in [1.29, 1.82) is 0 Å². The van der Waals surface area contributed by atoms with Gasteiger partial charge in [0, 0.05) is 48.4 Å². The summed E-state index contributed by atoms with van der Waals surface area (Å²) in [5.41, 5.74) is 2.62. The molecule has 3 aromatic rings. The van der Waals surface area contributed by atoms with Gasteiger partial charge in [0.1, 0.15) is 29.0 Å². The molecule has 0 aliphatic carbocycles. The summed E-state index contributed by atoms with van der Waals surface area (Å²) in [6.45, 7) is 8.92. The topological polar surface area (TPSA) is 82.4 Å². The van der Waals surface area contributed by atoms with Crippen LogP contribution in [0.1, 0.15) is 55.2 Å². The average Bonchev–Trinajstić information content (AvgIpc) is 3.16. The number of benzene rings is 2. The fourth-order valence-corrected chi connectivity index (χ4v) is 7.56. The van der Waals surface area contributed by atoms with Crippen LogP contribution in [0.15, 0.2) is 41.2 Å². The molecule has 0 amide bonds. The highest BCUT2D eigenvalue weighted by Gasteiger charge is 2.58. The maximum absolute atomic E-state index is 13.5. The van der Waals surface area contributed by atoms with Crippen LogP contribution in [0.5, 0.6) is 5.75 Å². The summed E-state index contributed by atoms with van der Waals surface area (Å²) in [4.78, 5) is 20.5. The number of halogens is 2. The van der Waals surface area contributed by atoms with Crippen molar-refractivity contribution in [3.8, 4) is 11.4 Å². The van der Waals surface area contributed by atoms with E-state index in [1.807, 2.05) is 26.0 Å². The standard InChI is InChI=1S/C27H28Cl2N4O3S/c1-15-24(30-16(2)33(25(15)34)19-9-6-8-18(28)22(19)29)32-13-11-27(12-14-32)23-21-17(7-5-10-20(21)36-27)26(3,4)37(35)31-23/h5-10,23,31H,11-14H2,1-4H3/t23-,37?/m1/s1. The fourth-order valence-electron chi connectivity index (χ4n) is 5.96. The van der Waals surface area contributed by atoms with Gasteiger partial charge in [0.05, 0.1) is 21.3 Å². The molecule has 1 aromatic heterocycles. The van der Waals surface area contributed by atoms with E-state index in [9.17, 15) is 9.35 Å². The predicted octanol–water partition coefficient (Wildman–Crippen LogP) is 5.13. The summed E-state index contributed by atoms with van der Waals surface area (Å²) in [6.07, 6.45) is 1.42. The molecule has 3 aliphatic rings. The van der Waals surface area contributed by atoms with Crippen molar-refractivity contribution in [2.75, 3.05) is 18.0 Å². The Labute approximate surface area is 229 Å². The number of anilines is 1. The van der Waals surface area contributed by atoms with E-state index in [1.54, 1.807) is 32.0 Å². The van der Waals surface area contributed by atoms with E-state index in [2.05, 4.69) is 15.7 Å². The highest BCUT2D eigenvalue weighted by Crippen LogP contribution is 2.55. The third kappa shape index (κ3) is 3.64. The van der Waals surface area contributed by atoms with Crippen LogP contribution < -0.4 is 19.9 Å². The zero-order valence-electron chi connectivity index (χ0n) is 21.1. The lowest BCUT2D eigenvalue weighted by Crippen LogP contribution is -2.57. The van der Waals surface area contributed by atoms with Gasteiger partial charge >= 0.3 is 0 Å². The third-order valence-corrected chi connectivity index (χ3v) is 10.5. The van der Waals surface area contributed by atoms with Gasteiger partial charge < -0.3 is 14.2 Å². The average molecular weight is 560 g/mol. The number of ether oxygens (including phenoxy) is 1. The number of nitrogens with zero attached hydrogens (tertiary/aromatic N) is 3. The first-order chi connectivity index (χ1) is 17.5. The minimum Gasteiger partial charge on any atom is -0.597 e. The highest BCUT2D eigenvalue weighted by molar-refractivity contribution is 7.90. The number of aryl methyl sites for hydroxylation is 1. The smallest absolute Gasteiger partial charge is 0.263 e. The van der Waals surface area contributed by atoms with E-state index < -0.39 is 21.7 Å². The van der Waals surface area contributed by atoms with Crippen LogP contribution in [0.25, 0.3) is 5.69 Å². The van der Waals surface area contributed by atoms with E-state index in [4.69, 9.17) is 32.9 Å². The minimum atomic E-state index is -1.24. The zero-order valence-corrected chi connectivity index (χ0v) is 23.4. The van der Waals surface area contributed by atoms with Gasteiger partial charge in [0.25, 0.3) is 5.56 Å². The molecule has 1 spiro atoms. The number of piperidine rings is 1. The van der Waals surface area contributed by atoms with Gasteiger partial charge in [-0.05, 0) is 45.9 Å². The second-order valence-corrected chi connectivity index (χ2v) is 13.1. The van der Waals surface area contributed by atoms with Crippen LogP contribution in [0.3, 0.4) is 0 Å². The Bertz CT molecular complexity index is 1480. The van der Waals surface area contributed by atoms with Gasteiger partial charge in [-0.2, -0.15) is 0 Å². The Morgan fingerprint density at radius 2 is 1.84 bits per heavy atom. The molecule has 10 heteroatoms. The first kappa shape index (κ1) is 25.1. The summed E-state index contributed by atoms with van der Waals surface area (Å²) in [5, 5.41) is 0.705. The van der Waals surface area contributed by atoms with Crippen molar-refractivity contribution < 1.29 is 9.29 Å². The Morgan fingerprint density at radius 1 is 1.14 bits per heavy atom. The molecule has 3 aliphatic heterocycles. The Balaban J connectivity index is 1.31. The molecule has 0 saturated carbocycles. The fraction of sp³-hybridized carbons (Fsp3) is 0.407. The van der Waals surface area contributed by atoms with Gasteiger partial charge in [0.2, 0.25) is 0 Å². The van der Waals surface area contributed by atoms with Crippen molar-refractivity contribution in [3.63, 3.8) is 0 Å². The second kappa shape index (κ2) is 8.64. The quantitative estimate of drug-likeness (QED) is 0.439. The van der Waals surface area contributed by atoms with E-state index in [-0.39, 0.29) is 11.6 Å². The van der Waals surface area contributed by atoms with Crippen LogP contribution in [0.2, 0.25) is 10.0 Å². The van der Waals surface area contributed by atoms with Crippen molar-refractivity contribution in [2.24, 2.45) is 0 Å². The van der Waals surface area contributed by atoms with E-state index in [1.165, 1.54) is 4.57 Å². The molecular weight excluding hydrogens is 531 g/mol. The van der Waals surface area contributed by atoms with Crippen molar-refractivity contribution in [1.82, 2.24) is 14.3 Å². The lowest BCUT2D eigenvalue weighted by molar-refractivity contribution is 0.0373. The van der Waals surface area contributed by atoms with Crippen molar-refractivity contribution in [2.45, 2.75) is 56.9 Å². The Morgan fingerprint density at radius 3 is 2.57 bits per heavy atom. The number of hydrogen-bond acceptors (Lipinski definition) is 6. The van der Waals surface area contributed by atoms with Gasteiger partial charge in [-0.1, -0.05) is 41.4 Å². The molecule has 0 bridgehead atoms. The zero-order chi connectivity index (χ0) is 26.3. The number of rotatable bonds is 2. The highest BCUT2D eigenvalue weighted by atomic mass is 35.5. The molecule has 37 heavy (non-hydrogen) atoms. The normalized spacial score (nSPS) is 23.2. The lowest BCUT2D eigenvalue weighted by Gasteiger charge is -2.45. The molecule has 1 N–H and O–H groups in total. The number of nitrogens with one attached hydrogen (secondary N) is 1. The monoisotopic (exact) mass is 558 g/mol. The Hall–Kier alpha value is -2.23. The first-order valence-corrected chi connectivity index (χ1v) is 14.3. The molecule has 4 heterocycles. The van der Waals surface area contributed by atoms with Gasteiger partial charge in [0.15, 0.2) is 4.75 Å². The largest absolute Gasteiger partial charge is 0.597 e. The SMILES string of the molecule is Cc1c(N2CCC3(CC2)Oc2cccc4c2[C@H]3N[S+]([O-])C4(C)C)nc(C)n(-c2cccc(Cl)c2Cl)c1=O. The van der Waals surface area contributed by atoms with Crippen LogP contribution in [0.4, 0.5) is 5.82 Å². The molecule has 7 nitrogen and oxygen atoms in total. The lowest BCUT2D eigenvalue weighted by atomic mass is 9.80. The molecule has 1 fully saturated rings. The molecule has 2 aromatic carbocycles. The second-order valence-electron chi connectivity index (χ2n) is 10.5. The summed E-state index contributed by atoms with van der Waals surface area (Å²) in [7, 11) is 0. The predicted molar refractivity (Wildman–Crippen MR) is 148 cm³/mol. The summed E-state index contributed by atoms with van der Waals surface area (Å²) >= 11 is 11.4. The summed E-state index contributed by atoms with van der Waals surface area (Å²) < 4.78 is 24.2. The van der Waals surface area contributed by atoms with Crippen molar-refractivity contribution in [3.05, 3.63) is 79.3 Å². The van der Waals surface area contributed by atoms with Gasteiger partial charge in [-0.15, -0.1) is 4.72 Å². The summed E-state index contributed by atoms with van der Waals surface area (Å²) in [5.74, 6) is 2.08. The van der Waals surface area contributed by atoms with Crippen LogP contribution in [-0.2, 0) is 16.1 Å². The molecule has 194 valence electrons. The third-order valence-electron chi connectivity index (χ3n) is 8.06. The summed E-state index contributed by atoms with van der Waals surface area (Å²) in [6, 6.07) is 11.1. The maximum atomic E-state index is 13.5. The van der Waals surface area contributed by atoms with Crippen LogP contribution >= 0.6 is 23.2 Å². The van der Waals surface area contributed by atoms with E-state index >= 15 is 0 Å². The molecule has 1 saturated heterocycles. The number of hydrogen-bond donors (Lipinski definition) is 1. The van der Waals surface area contributed by atoms with E-state index in [0.717, 1.165) is 16.9 Å². The van der Waals surface area contributed by atoms with Gasteiger partial charge in [-0.3, -0.25) is 9.36 Å². The maximum Gasteiger partial charge on any atom is 0.263 e. The molecule has 0 radical (unpaired) electrons. The number of aromatic nitrogens is 2. The minimum absolute atomic E-state index is 0.136.